The fraction of sp³-hybridized carbons (Fsp3) is 0.286. The summed E-state index contributed by atoms with van der Waals surface area (Å²) >= 11 is 1.59. The molecule has 0 aliphatic carbocycles. The number of aromatic nitrogens is 1. The van der Waals surface area contributed by atoms with Gasteiger partial charge in [0.05, 0.1) is 17.2 Å². The van der Waals surface area contributed by atoms with Crippen LogP contribution in [-0.4, -0.2) is 17.4 Å². The largest absolute Gasteiger partial charge is 0.385 e. The number of rotatable bonds is 5. The lowest BCUT2D eigenvalue weighted by Crippen LogP contribution is -2.22. The van der Waals surface area contributed by atoms with Crippen LogP contribution in [0.25, 0.3) is 0 Å². The molecule has 2 rings (SSSR count). The Hall–Kier alpha value is -1.88. The maximum atomic E-state index is 11.9. The van der Waals surface area contributed by atoms with Gasteiger partial charge in [0.25, 0.3) is 5.91 Å². The van der Waals surface area contributed by atoms with Crippen LogP contribution in [0.4, 0.5) is 5.69 Å². The molecule has 19 heavy (non-hydrogen) atoms. The summed E-state index contributed by atoms with van der Waals surface area (Å²) in [4.78, 5) is 16.2. The second-order valence-corrected chi connectivity index (χ2v) is 5.21. The number of nitrogens with one attached hydrogen (secondary N) is 2. The summed E-state index contributed by atoms with van der Waals surface area (Å²) in [6, 6.07) is 7.45. The summed E-state index contributed by atoms with van der Waals surface area (Å²) in [5, 5.41) is 9.03. The highest BCUT2D eigenvalue weighted by Gasteiger charge is 2.06. The van der Waals surface area contributed by atoms with Crippen LogP contribution in [0.1, 0.15) is 28.0 Å². The summed E-state index contributed by atoms with van der Waals surface area (Å²) < 4.78 is 0. The number of nitrogens with zero attached hydrogens (tertiary/aromatic N) is 1. The van der Waals surface area contributed by atoms with Crippen LogP contribution in [0.3, 0.4) is 0 Å². The molecule has 0 aliphatic heterocycles. The van der Waals surface area contributed by atoms with Crippen LogP contribution in [0.2, 0.25) is 0 Å². The minimum absolute atomic E-state index is 0.0753. The summed E-state index contributed by atoms with van der Waals surface area (Å²) in [7, 11) is 0. The lowest BCUT2D eigenvalue weighted by Gasteiger charge is -2.06. The van der Waals surface area contributed by atoms with Crippen molar-refractivity contribution in [2.24, 2.45) is 0 Å². The second-order valence-electron chi connectivity index (χ2n) is 4.15. The minimum atomic E-state index is -0.0753. The standard InChI is InChI=1S/C14H17N3OS/c1-3-15-12-6-4-11(5-7-12)14(18)16-8-13-9-19-10(2)17-13/h4-7,9,15H,3,8H2,1-2H3,(H,16,18). The van der Waals surface area contributed by atoms with Gasteiger partial charge >= 0.3 is 0 Å². The van der Waals surface area contributed by atoms with E-state index in [0.29, 0.717) is 12.1 Å². The highest BCUT2D eigenvalue weighted by atomic mass is 32.1. The maximum absolute atomic E-state index is 11.9. The summed E-state index contributed by atoms with van der Waals surface area (Å²) in [5.41, 5.74) is 2.59. The smallest absolute Gasteiger partial charge is 0.251 e. The van der Waals surface area contributed by atoms with Crippen LogP contribution in [-0.2, 0) is 6.54 Å². The van der Waals surface area contributed by atoms with Gasteiger partial charge < -0.3 is 10.6 Å². The van der Waals surface area contributed by atoms with E-state index in [1.54, 1.807) is 11.3 Å². The zero-order valence-corrected chi connectivity index (χ0v) is 11.9. The molecule has 0 saturated heterocycles. The number of amides is 1. The van der Waals surface area contributed by atoms with E-state index in [9.17, 15) is 4.79 Å². The monoisotopic (exact) mass is 275 g/mol. The molecule has 100 valence electrons. The van der Waals surface area contributed by atoms with Crippen LogP contribution < -0.4 is 10.6 Å². The molecule has 0 bridgehead atoms. The Bertz CT molecular complexity index is 548. The van der Waals surface area contributed by atoms with Gasteiger partial charge in [-0.1, -0.05) is 0 Å². The van der Waals surface area contributed by atoms with E-state index < -0.39 is 0 Å². The van der Waals surface area contributed by atoms with E-state index in [1.807, 2.05) is 43.5 Å². The molecule has 1 amide bonds. The Balaban J connectivity index is 1.92. The van der Waals surface area contributed by atoms with Crippen molar-refractivity contribution >= 4 is 22.9 Å². The molecule has 0 aliphatic rings. The third kappa shape index (κ3) is 3.79. The number of carbonyl (C=O) groups excluding carboxylic acids is 1. The van der Waals surface area contributed by atoms with Gasteiger partial charge in [-0.3, -0.25) is 4.79 Å². The molecular formula is C14H17N3OS. The van der Waals surface area contributed by atoms with Gasteiger partial charge in [0.2, 0.25) is 0 Å². The van der Waals surface area contributed by atoms with Crippen molar-refractivity contribution in [1.29, 1.82) is 0 Å². The SMILES string of the molecule is CCNc1ccc(C(=O)NCc2csc(C)n2)cc1. The quantitative estimate of drug-likeness (QED) is 0.882. The first-order valence-electron chi connectivity index (χ1n) is 6.22. The third-order valence-corrected chi connectivity index (χ3v) is 3.45. The van der Waals surface area contributed by atoms with Gasteiger partial charge in [0, 0.05) is 23.2 Å². The lowest BCUT2D eigenvalue weighted by molar-refractivity contribution is 0.0950. The van der Waals surface area contributed by atoms with Crippen molar-refractivity contribution in [3.63, 3.8) is 0 Å². The topological polar surface area (TPSA) is 54.0 Å². The number of hydrogen-bond acceptors (Lipinski definition) is 4. The number of anilines is 1. The van der Waals surface area contributed by atoms with E-state index in [0.717, 1.165) is 22.9 Å². The fourth-order valence-electron chi connectivity index (χ4n) is 1.71. The Morgan fingerprint density at radius 2 is 2.05 bits per heavy atom. The first-order valence-corrected chi connectivity index (χ1v) is 7.10. The Morgan fingerprint density at radius 3 is 2.63 bits per heavy atom. The molecule has 0 spiro atoms. The number of hydrogen-bond donors (Lipinski definition) is 2. The normalized spacial score (nSPS) is 10.2. The summed E-state index contributed by atoms with van der Waals surface area (Å²) in [6.45, 7) is 5.33. The Kier molecular flexibility index (Phi) is 4.52. The van der Waals surface area contributed by atoms with Gasteiger partial charge in [-0.2, -0.15) is 0 Å². The van der Waals surface area contributed by atoms with Crippen molar-refractivity contribution in [1.82, 2.24) is 10.3 Å². The Morgan fingerprint density at radius 1 is 1.32 bits per heavy atom. The summed E-state index contributed by atoms with van der Waals surface area (Å²) in [6.07, 6.45) is 0. The van der Waals surface area contributed by atoms with Gasteiger partial charge in [0.1, 0.15) is 0 Å². The predicted molar refractivity (Wildman–Crippen MR) is 78.6 cm³/mol. The molecule has 5 heteroatoms. The lowest BCUT2D eigenvalue weighted by atomic mass is 10.2. The van der Waals surface area contributed by atoms with Gasteiger partial charge in [0.15, 0.2) is 0 Å². The number of carbonyl (C=O) groups is 1. The number of benzene rings is 1. The molecule has 0 fully saturated rings. The zero-order chi connectivity index (χ0) is 13.7. The molecule has 4 nitrogen and oxygen atoms in total. The average molecular weight is 275 g/mol. The fourth-order valence-corrected chi connectivity index (χ4v) is 2.32. The van der Waals surface area contributed by atoms with Crippen molar-refractivity contribution in [2.75, 3.05) is 11.9 Å². The predicted octanol–water partition coefficient (Wildman–Crippen LogP) is 2.81. The van der Waals surface area contributed by atoms with Crippen molar-refractivity contribution in [2.45, 2.75) is 20.4 Å². The molecule has 0 atom stereocenters. The Labute approximate surface area is 116 Å². The molecule has 1 aromatic heterocycles. The van der Waals surface area contributed by atoms with Gasteiger partial charge in [-0.05, 0) is 38.1 Å². The molecule has 0 radical (unpaired) electrons. The molecule has 1 aromatic carbocycles. The third-order valence-electron chi connectivity index (χ3n) is 2.62. The van der Waals surface area contributed by atoms with Crippen LogP contribution in [0, 0.1) is 6.92 Å². The molecule has 2 aromatic rings. The summed E-state index contributed by atoms with van der Waals surface area (Å²) in [5.74, 6) is -0.0753. The van der Waals surface area contributed by atoms with Crippen LogP contribution in [0.15, 0.2) is 29.6 Å². The van der Waals surface area contributed by atoms with E-state index >= 15 is 0 Å². The highest BCUT2D eigenvalue weighted by molar-refractivity contribution is 7.09. The highest BCUT2D eigenvalue weighted by Crippen LogP contribution is 2.10. The van der Waals surface area contributed by atoms with Gasteiger partial charge in [-0.15, -0.1) is 11.3 Å². The van der Waals surface area contributed by atoms with E-state index in [4.69, 9.17) is 0 Å². The zero-order valence-electron chi connectivity index (χ0n) is 11.1. The van der Waals surface area contributed by atoms with Crippen molar-refractivity contribution in [3.05, 3.63) is 45.9 Å². The molecule has 0 saturated carbocycles. The van der Waals surface area contributed by atoms with E-state index in [2.05, 4.69) is 15.6 Å². The average Bonchev–Trinajstić information content (AvgIpc) is 2.83. The van der Waals surface area contributed by atoms with Crippen LogP contribution in [0.5, 0.6) is 0 Å². The minimum Gasteiger partial charge on any atom is -0.385 e. The first kappa shape index (κ1) is 13.5. The first-order chi connectivity index (χ1) is 9.19. The number of aryl methyl sites for hydroxylation is 1. The number of thiazole rings is 1. The molecule has 0 unspecified atom stereocenters. The molecule has 1 heterocycles. The second kappa shape index (κ2) is 6.33. The van der Waals surface area contributed by atoms with Crippen molar-refractivity contribution < 1.29 is 4.79 Å². The van der Waals surface area contributed by atoms with Crippen molar-refractivity contribution in [3.8, 4) is 0 Å². The van der Waals surface area contributed by atoms with E-state index in [-0.39, 0.29) is 5.91 Å². The van der Waals surface area contributed by atoms with Gasteiger partial charge in [-0.25, -0.2) is 4.98 Å². The van der Waals surface area contributed by atoms with E-state index in [1.165, 1.54) is 0 Å². The maximum Gasteiger partial charge on any atom is 0.251 e. The molecular weight excluding hydrogens is 258 g/mol. The van der Waals surface area contributed by atoms with Crippen LogP contribution >= 0.6 is 11.3 Å². The molecule has 2 N–H and O–H groups in total.